The van der Waals surface area contributed by atoms with Crippen LogP contribution in [0.4, 0.5) is 0 Å². The van der Waals surface area contributed by atoms with Crippen molar-refractivity contribution in [2.45, 2.75) is 58.5 Å². The summed E-state index contributed by atoms with van der Waals surface area (Å²) in [5.74, 6) is 2.33. The van der Waals surface area contributed by atoms with Gasteiger partial charge in [-0.25, -0.2) is 4.79 Å². The molecule has 1 rings (SSSR count). The lowest BCUT2D eigenvalue weighted by Crippen LogP contribution is -2.61. The highest BCUT2D eigenvalue weighted by molar-refractivity contribution is 5.90. The number of rotatable bonds is 8. The highest BCUT2D eigenvalue weighted by atomic mass is 16.3. The van der Waals surface area contributed by atoms with Crippen LogP contribution in [0.5, 0.6) is 0 Å². The molecule has 0 bridgehead atoms. The zero-order valence-corrected chi connectivity index (χ0v) is 15.3. The van der Waals surface area contributed by atoms with Crippen molar-refractivity contribution < 1.29 is 9.90 Å². The molecule has 3 atom stereocenters. The molecule has 24 heavy (non-hydrogen) atoms. The lowest BCUT2D eigenvalue weighted by molar-refractivity contribution is 0.0852. The van der Waals surface area contributed by atoms with Gasteiger partial charge in [-0.2, -0.15) is 0 Å². The van der Waals surface area contributed by atoms with Crippen LogP contribution in [-0.4, -0.2) is 41.4 Å². The van der Waals surface area contributed by atoms with E-state index in [1.165, 1.54) is 0 Å². The maximum atomic E-state index is 11.4. The second-order valence-electron chi connectivity index (χ2n) is 7.57. The molecule has 134 valence electrons. The molecule has 5 nitrogen and oxygen atoms in total. The maximum Gasteiger partial charge on any atom is 0.130 e. The number of aliphatic hydroxyl groups excluding tert-OH is 1. The molecule has 0 fully saturated rings. The quantitative estimate of drug-likeness (QED) is 0.428. The van der Waals surface area contributed by atoms with E-state index < -0.39 is 18.3 Å². The zero-order valence-electron chi connectivity index (χ0n) is 15.3. The van der Waals surface area contributed by atoms with Crippen molar-refractivity contribution in [3.05, 3.63) is 35.9 Å². The Morgan fingerprint density at radius 1 is 1.25 bits per heavy atom. The third-order valence-electron chi connectivity index (χ3n) is 3.57. The first-order valence-corrected chi connectivity index (χ1v) is 8.41. The largest absolute Gasteiger partial charge is 0.388 e. The predicted molar refractivity (Wildman–Crippen MR) is 99.0 cm³/mol. The van der Waals surface area contributed by atoms with E-state index >= 15 is 0 Å². The summed E-state index contributed by atoms with van der Waals surface area (Å²) >= 11 is 0. The molecule has 0 aliphatic heterocycles. The molecule has 0 saturated heterocycles. The fourth-order valence-electron chi connectivity index (χ4n) is 2.40. The summed E-state index contributed by atoms with van der Waals surface area (Å²) in [6.07, 6.45) is -1.41. The Hall–Kier alpha value is -1.49. The van der Waals surface area contributed by atoms with Gasteiger partial charge in [0.1, 0.15) is 12.0 Å². The standard InChI is InChI=1S/C19H31N3O2/c1-13(2)11-21-18(22-19(3,4)5)17(24)16(20)15(12-23)14-9-7-6-8-10-14/h6-10,13,16-18,21-22,24H,11,20H2,1-5H3. The molecule has 0 aliphatic rings. The van der Waals surface area contributed by atoms with Crippen LogP contribution in [-0.2, 0) is 4.79 Å². The van der Waals surface area contributed by atoms with E-state index in [4.69, 9.17) is 5.73 Å². The molecule has 0 aliphatic carbocycles. The van der Waals surface area contributed by atoms with Crippen LogP contribution in [0.15, 0.2) is 30.3 Å². The van der Waals surface area contributed by atoms with Crippen molar-refractivity contribution in [3.8, 4) is 0 Å². The Bertz CT molecular complexity index is 545. The first-order chi connectivity index (χ1) is 11.2. The number of benzene rings is 1. The van der Waals surface area contributed by atoms with Crippen molar-refractivity contribution in [3.63, 3.8) is 0 Å². The highest BCUT2D eigenvalue weighted by Gasteiger charge is 2.31. The van der Waals surface area contributed by atoms with Gasteiger partial charge >= 0.3 is 0 Å². The molecule has 0 radical (unpaired) electrons. The van der Waals surface area contributed by atoms with Gasteiger partial charge in [0.15, 0.2) is 0 Å². The van der Waals surface area contributed by atoms with Gasteiger partial charge in [-0.15, -0.1) is 0 Å². The van der Waals surface area contributed by atoms with Gasteiger partial charge in [-0.05, 0) is 38.8 Å². The molecule has 5 N–H and O–H groups in total. The van der Waals surface area contributed by atoms with Crippen LogP contribution in [0.2, 0.25) is 0 Å². The molecular formula is C19H31N3O2. The second-order valence-corrected chi connectivity index (χ2v) is 7.57. The smallest absolute Gasteiger partial charge is 0.130 e. The first-order valence-electron chi connectivity index (χ1n) is 8.41. The van der Waals surface area contributed by atoms with Crippen molar-refractivity contribution in [1.29, 1.82) is 0 Å². The summed E-state index contributed by atoms with van der Waals surface area (Å²) < 4.78 is 0. The Kier molecular flexibility index (Phi) is 7.80. The monoisotopic (exact) mass is 333 g/mol. The lowest BCUT2D eigenvalue weighted by atomic mass is 9.94. The number of hydrogen-bond donors (Lipinski definition) is 4. The van der Waals surface area contributed by atoms with Crippen molar-refractivity contribution in [2.75, 3.05) is 6.54 Å². The minimum atomic E-state index is -0.973. The molecule has 0 saturated carbocycles. The average Bonchev–Trinajstić information content (AvgIpc) is 2.51. The molecule has 0 amide bonds. The lowest BCUT2D eigenvalue weighted by Gasteiger charge is -2.35. The van der Waals surface area contributed by atoms with Crippen molar-refractivity contribution in [2.24, 2.45) is 11.7 Å². The van der Waals surface area contributed by atoms with Gasteiger partial charge in [0.2, 0.25) is 0 Å². The number of hydrogen-bond acceptors (Lipinski definition) is 5. The highest BCUT2D eigenvalue weighted by Crippen LogP contribution is 2.18. The minimum absolute atomic E-state index is 0.215. The van der Waals surface area contributed by atoms with Gasteiger partial charge in [0, 0.05) is 5.54 Å². The van der Waals surface area contributed by atoms with Gasteiger partial charge < -0.3 is 10.8 Å². The zero-order chi connectivity index (χ0) is 18.3. The minimum Gasteiger partial charge on any atom is -0.388 e. The normalized spacial score (nSPS) is 15.7. The van der Waals surface area contributed by atoms with E-state index in [2.05, 4.69) is 24.5 Å². The van der Waals surface area contributed by atoms with Crippen LogP contribution in [0.3, 0.4) is 0 Å². The summed E-state index contributed by atoms with van der Waals surface area (Å²) in [4.78, 5) is 11.4. The summed E-state index contributed by atoms with van der Waals surface area (Å²) in [7, 11) is 0. The number of nitrogens with one attached hydrogen (secondary N) is 2. The third kappa shape index (κ3) is 6.56. The Morgan fingerprint density at radius 3 is 2.29 bits per heavy atom. The molecule has 1 aromatic rings. The Morgan fingerprint density at radius 2 is 1.83 bits per heavy atom. The third-order valence-corrected chi connectivity index (χ3v) is 3.57. The van der Waals surface area contributed by atoms with Crippen LogP contribution < -0.4 is 16.4 Å². The van der Waals surface area contributed by atoms with Crippen LogP contribution in [0.25, 0.3) is 5.57 Å². The van der Waals surface area contributed by atoms with Gasteiger partial charge in [-0.1, -0.05) is 44.2 Å². The number of carbonyl (C=O) groups excluding carboxylic acids is 1. The number of aliphatic hydroxyl groups is 1. The molecular weight excluding hydrogens is 302 g/mol. The van der Waals surface area contributed by atoms with Gasteiger partial charge in [0.05, 0.1) is 17.8 Å². The van der Waals surface area contributed by atoms with Gasteiger partial charge in [0.25, 0.3) is 0 Å². The van der Waals surface area contributed by atoms with E-state index in [1.54, 1.807) is 12.1 Å². The van der Waals surface area contributed by atoms with E-state index in [1.807, 2.05) is 44.9 Å². The fourth-order valence-corrected chi connectivity index (χ4v) is 2.40. The summed E-state index contributed by atoms with van der Waals surface area (Å²) in [5, 5.41) is 17.4. The topological polar surface area (TPSA) is 87.4 Å². The molecule has 0 spiro atoms. The molecule has 0 heterocycles. The second kappa shape index (κ2) is 9.11. The molecule has 0 aromatic heterocycles. The van der Waals surface area contributed by atoms with Crippen LogP contribution in [0.1, 0.15) is 40.2 Å². The van der Waals surface area contributed by atoms with E-state index in [9.17, 15) is 9.90 Å². The fraction of sp³-hybridized carbons (Fsp3) is 0.579. The predicted octanol–water partition coefficient (Wildman–Crippen LogP) is 1.55. The van der Waals surface area contributed by atoms with E-state index in [0.29, 0.717) is 11.5 Å². The Balaban J connectivity index is 2.98. The summed E-state index contributed by atoms with van der Waals surface area (Å²) in [6.45, 7) is 11.0. The Labute approximate surface area is 145 Å². The van der Waals surface area contributed by atoms with E-state index in [-0.39, 0.29) is 11.1 Å². The van der Waals surface area contributed by atoms with Crippen molar-refractivity contribution in [1.82, 2.24) is 10.6 Å². The molecule has 1 aromatic carbocycles. The van der Waals surface area contributed by atoms with E-state index in [0.717, 1.165) is 6.54 Å². The number of nitrogens with two attached hydrogens (primary N) is 1. The molecule has 3 unspecified atom stereocenters. The van der Waals surface area contributed by atoms with Gasteiger partial charge in [-0.3, -0.25) is 10.6 Å². The SMILES string of the molecule is CC(C)CNC(NC(C)(C)C)C(O)C(N)C(=C=O)c1ccccc1. The summed E-state index contributed by atoms with van der Waals surface area (Å²) in [5.41, 5.74) is 6.94. The maximum absolute atomic E-state index is 11.4. The van der Waals surface area contributed by atoms with Crippen molar-refractivity contribution >= 4 is 11.5 Å². The van der Waals surface area contributed by atoms with Crippen LogP contribution >= 0.6 is 0 Å². The summed E-state index contributed by atoms with van der Waals surface area (Å²) in [6, 6.07) is 8.26. The first kappa shape index (κ1) is 20.6. The van der Waals surface area contributed by atoms with Crippen LogP contribution in [0, 0.1) is 5.92 Å². The molecule has 5 heteroatoms. The average molecular weight is 333 g/mol.